The van der Waals surface area contributed by atoms with E-state index in [-0.39, 0.29) is 5.91 Å². The van der Waals surface area contributed by atoms with Crippen LogP contribution in [0.2, 0.25) is 0 Å². The van der Waals surface area contributed by atoms with Crippen molar-refractivity contribution < 1.29 is 9.53 Å². The van der Waals surface area contributed by atoms with Crippen molar-refractivity contribution in [2.75, 3.05) is 38.2 Å². The molecule has 132 valence electrons. The highest BCUT2D eigenvalue weighted by Crippen LogP contribution is 2.21. The molecule has 2 fully saturated rings. The first kappa shape index (κ1) is 17.3. The van der Waals surface area contributed by atoms with Crippen LogP contribution in [0.15, 0.2) is 24.3 Å². The maximum absolute atomic E-state index is 12.5. The largest absolute Gasteiger partial charge is 0.378 e. The number of anilines is 1. The van der Waals surface area contributed by atoms with Crippen LogP contribution in [0.4, 0.5) is 5.69 Å². The van der Waals surface area contributed by atoms with Gasteiger partial charge in [-0.2, -0.15) is 0 Å². The lowest BCUT2D eigenvalue weighted by molar-refractivity contribution is 0.0763. The van der Waals surface area contributed by atoms with E-state index in [1.807, 2.05) is 24.1 Å². The maximum Gasteiger partial charge on any atom is 0.253 e. The predicted molar refractivity (Wildman–Crippen MR) is 97.7 cm³/mol. The van der Waals surface area contributed by atoms with Gasteiger partial charge in [-0.05, 0) is 69.2 Å². The molecule has 3 rings (SSSR count). The number of piperidine rings is 1. The van der Waals surface area contributed by atoms with Gasteiger partial charge in [-0.1, -0.05) is 0 Å². The lowest BCUT2D eigenvalue weighted by atomic mass is 10.1. The van der Waals surface area contributed by atoms with Crippen molar-refractivity contribution in [3.63, 3.8) is 0 Å². The monoisotopic (exact) mass is 330 g/mol. The molecule has 2 heterocycles. The van der Waals surface area contributed by atoms with Crippen LogP contribution in [0.1, 0.15) is 55.3 Å². The minimum Gasteiger partial charge on any atom is -0.378 e. The Bertz CT molecular complexity index is 517. The van der Waals surface area contributed by atoms with Gasteiger partial charge in [0.2, 0.25) is 0 Å². The average molecular weight is 330 g/mol. The predicted octanol–water partition coefficient (Wildman–Crippen LogP) is 3.71. The summed E-state index contributed by atoms with van der Waals surface area (Å²) in [6.45, 7) is 3.97. The fourth-order valence-corrected chi connectivity index (χ4v) is 3.72. The third kappa shape index (κ3) is 4.50. The zero-order chi connectivity index (χ0) is 16.8. The molecule has 24 heavy (non-hydrogen) atoms. The number of carbonyl (C=O) groups excluding carboxylic acids is 1. The van der Waals surface area contributed by atoms with Gasteiger partial charge in [0.1, 0.15) is 0 Å². The minimum atomic E-state index is 0.118. The topological polar surface area (TPSA) is 32.8 Å². The molecule has 0 bridgehead atoms. The molecule has 1 atom stereocenters. The molecule has 1 aromatic carbocycles. The molecule has 0 aliphatic carbocycles. The summed E-state index contributed by atoms with van der Waals surface area (Å²) < 4.78 is 5.64. The number of rotatable bonds is 6. The summed E-state index contributed by atoms with van der Waals surface area (Å²) in [6.07, 6.45) is 8.73. The zero-order valence-electron chi connectivity index (χ0n) is 14.9. The molecule has 1 aromatic rings. The first-order valence-electron chi connectivity index (χ1n) is 9.46. The summed E-state index contributed by atoms with van der Waals surface area (Å²) >= 11 is 0. The van der Waals surface area contributed by atoms with Gasteiger partial charge in [0.15, 0.2) is 0 Å². The van der Waals surface area contributed by atoms with Gasteiger partial charge in [0.25, 0.3) is 5.91 Å². The molecule has 0 spiro atoms. The molecule has 4 heteroatoms. The number of hydrogen-bond donors (Lipinski definition) is 0. The van der Waals surface area contributed by atoms with E-state index < -0.39 is 0 Å². The van der Waals surface area contributed by atoms with Gasteiger partial charge in [0, 0.05) is 44.5 Å². The molecule has 2 aliphatic rings. The Labute approximate surface area is 145 Å². The van der Waals surface area contributed by atoms with E-state index in [2.05, 4.69) is 17.0 Å². The number of ether oxygens (including phenoxy) is 1. The van der Waals surface area contributed by atoms with E-state index in [0.717, 1.165) is 44.6 Å². The molecule has 2 aliphatic heterocycles. The van der Waals surface area contributed by atoms with E-state index in [1.54, 1.807) is 0 Å². The number of carbonyl (C=O) groups is 1. The standard InChI is InChI=1S/C20H30N2O2/c1-21(13-5-7-19-8-6-16-24-19)20(23)17-9-11-18(12-10-17)22-14-3-2-4-15-22/h9-12,19H,2-8,13-16H2,1H3. The van der Waals surface area contributed by atoms with E-state index in [1.165, 1.54) is 37.8 Å². The van der Waals surface area contributed by atoms with Crippen molar-refractivity contribution in [3.8, 4) is 0 Å². The van der Waals surface area contributed by atoms with E-state index in [0.29, 0.717) is 6.10 Å². The third-order valence-corrected chi connectivity index (χ3v) is 5.23. The fourth-order valence-electron chi connectivity index (χ4n) is 3.72. The first-order chi connectivity index (χ1) is 11.7. The molecule has 1 amide bonds. The fraction of sp³-hybridized carbons (Fsp3) is 0.650. The molecule has 0 aromatic heterocycles. The van der Waals surface area contributed by atoms with E-state index in [4.69, 9.17) is 4.74 Å². The van der Waals surface area contributed by atoms with Crippen LogP contribution in [0.3, 0.4) is 0 Å². The Morgan fingerprint density at radius 1 is 1.17 bits per heavy atom. The zero-order valence-corrected chi connectivity index (χ0v) is 14.9. The van der Waals surface area contributed by atoms with Crippen LogP contribution >= 0.6 is 0 Å². The highest BCUT2D eigenvalue weighted by Gasteiger charge is 2.17. The lowest BCUT2D eigenvalue weighted by Gasteiger charge is -2.29. The van der Waals surface area contributed by atoms with Gasteiger partial charge >= 0.3 is 0 Å². The third-order valence-electron chi connectivity index (χ3n) is 5.23. The van der Waals surface area contributed by atoms with Crippen molar-refractivity contribution >= 4 is 11.6 Å². The summed E-state index contributed by atoms with van der Waals surface area (Å²) in [4.78, 5) is 16.8. The van der Waals surface area contributed by atoms with Gasteiger partial charge in [-0.3, -0.25) is 4.79 Å². The van der Waals surface area contributed by atoms with Crippen LogP contribution in [-0.4, -0.2) is 50.2 Å². The Hall–Kier alpha value is -1.55. The lowest BCUT2D eigenvalue weighted by Crippen LogP contribution is -2.30. The molecule has 1 unspecified atom stereocenters. The van der Waals surface area contributed by atoms with Crippen molar-refractivity contribution in [2.24, 2.45) is 0 Å². The highest BCUT2D eigenvalue weighted by molar-refractivity contribution is 5.94. The Kier molecular flexibility index (Phi) is 6.13. The quantitative estimate of drug-likeness (QED) is 0.797. The molecule has 0 saturated carbocycles. The Morgan fingerprint density at radius 3 is 2.58 bits per heavy atom. The second kappa shape index (κ2) is 8.52. The normalized spacial score (nSPS) is 21.0. The van der Waals surface area contributed by atoms with Crippen LogP contribution in [0, 0.1) is 0 Å². The summed E-state index contributed by atoms with van der Waals surface area (Å²) in [7, 11) is 1.90. The summed E-state index contributed by atoms with van der Waals surface area (Å²) in [6, 6.07) is 8.14. The van der Waals surface area contributed by atoms with E-state index >= 15 is 0 Å². The summed E-state index contributed by atoms with van der Waals surface area (Å²) in [5.41, 5.74) is 2.03. The van der Waals surface area contributed by atoms with Crippen molar-refractivity contribution in [3.05, 3.63) is 29.8 Å². The van der Waals surface area contributed by atoms with Gasteiger partial charge < -0.3 is 14.5 Å². The number of nitrogens with zero attached hydrogens (tertiary/aromatic N) is 2. The maximum atomic E-state index is 12.5. The SMILES string of the molecule is CN(CCCC1CCCO1)C(=O)c1ccc(N2CCCCC2)cc1. The Morgan fingerprint density at radius 2 is 1.92 bits per heavy atom. The smallest absolute Gasteiger partial charge is 0.253 e. The van der Waals surface area contributed by atoms with Crippen molar-refractivity contribution in [1.82, 2.24) is 4.90 Å². The average Bonchev–Trinajstić information content (AvgIpc) is 3.15. The van der Waals surface area contributed by atoms with Crippen LogP contribution in [0.5, 0.6) is 0 Å². The van der Waals surface area contributed by atoms with Crippen LogP contribution < -0.4 is 4.90 Å². The molecular weight excluding hydrogens is 300 g/mol. The van der Waals surface area contributed by atoms with Gasteiger partial charge in [-0.25, -0.2) is 0 Å². The molecule has 4 nitrogen and oxygen atoms in total. The van der Waals surface area contributed by atoms with Crippen molar-refractivity contribution in [2.45, 2.75) is 51.0 Å². The molecular formula is C20H30N2O2. The first-order valence-corrected chi connectivity index (χ1v) is 9.46. The molecule has 2 saturated heterocycles. The minimum absolute atomic E-state index is 0.118. The molecule has 0 N–H and O–H groups in total. The Balaban J connectivity index is 1.48. The molecule has 0 radical (unpaired) electrons. The number of amides is 1. The summed E-state index contributed by atoms with van der Waals surface area (Å²) in [5.74, 6) is 0.118. The van der Waals surface area contributed by atoms with Crippen LogP contribution in [0.25, 0.3) is 0 Å². The van der Waals surface area contributed by atoms with Gasteiger partial charge in [0.05, 0.1) is 6.10 Å². The van der Waals surface area contributed by atoms with Crippen LogP contribution in [-0.2, 0) is 4.74 Å². The summed E-state index contributed by atoms with van der Waals surface area (Å²) in [5, 5.41) is 0. The number of hydrogen-bond acceptors (Lipinski definition) is 3. The second-order valence-corrected chi connectivity index (χ2v) is 7.10. The highest BCUT2D eigenvalue weighted by atomic mass is 16.5. The number of benzene rings is 1. The second-order valence-electron chi connectivity index (χ2n) is 7.10. The van der Waals surface area contributed by atoms with Gasteiger partial charge in [-0.15, -0.1) is 0 Å². The van der Waals surface area contributed by atoms with E-state index in [9.17, 15) is 4.79 Å². The van der Waals surface area contributed by atoms with Crippen molar-refractivity contribution in [1.29, 1.82) is 0 Å².